The number of aliphatic hydroxyl groups excluding tert-OH is 1. The highest BCUT2D eigenvalue weighted by Gasteiger charge is 2.08. The summed E-state index contributed by atoms with van der Waals surface area (Å²) in [7, 11) is 0. The number of aliphatic hydroxyl groups is 1. The topological polar surface area (TPSA) is 59.2 Å². The van der Waals surface area contributed by atoms with Crippen LogP contribution in [0.4, 0.5) is 0 Å². The second-order valence-corrected chi connectivity index (χ2v) is 4.80. The number of aromatic nitrogens is 2. The quantitative estimate of drug-likeness (QED) is 0.907. The van der Waals surface area contributed by atoms with Crippen molar-refractivity contribution in [2.24, 2.45) is 0 Å². The summed E-state index contributed by atoms with van der Waals surface area (Å²) in [4.78, 5) is 8.51. The molecule has 2 aromatic heterocycles. The van der Waals surface area contributed by atoms with Crippen molar-refractivity contribution < 1.29 is 9.52 Å². The second kappa shape index (κ2) is 4.89. The molecular weight excluding hydrogens is 236 g/mol. The molecule has 1 N–H and O–H groups in total. The summed E-state index contributed by atoms with van der Waals surface area (Å²) in [5, 5.41) is 10.8. The fraction of sp³-hybridized carbons (Fsp3) is 0.333. The Morgan fingerprint density at radius 3 is 2.59 bits per heavy atom. The molecule has 0 aliphatic carbocycles. The lowest BCUT2D eigenvalue weighted by atomic mass is 10.2. The van der Waals surface area contributed by atoms with Crippen LogP contribution < -0.4 is 0 Å². The zero-order chi connectivity index (χ0) is 12.4. The van der Waals surface area contributed by atoms with Crippen molar-refractivity contribution >= 4 is 11.8 Å². The summed E-state index contributed by atoms with van der Waals surface area (Å²) in [5.74, 6) is 0.827. The molecule has 0 aliphatic heterocycles. The first-order valence-electron chi connectivity index (χ1n) is 5.32. The van der Waals surface area contributed by atoms with E-state index in [-0.39, 0.29) is 0 Å². The van der Waals surface area contributed by atoms with Gasteiger partial charge in [-0.3, -0.25) is 0 Å². The van der Waals surface area contributed by atoms with E-state index in [2.05, 4.69) is 9.97 Å². The standard InChI is InChI=1S/C12H14N2O2S/c1-7-9(3)16-12(14-7)17-11-5-4-10(6-13-11)8(2)15/h4-6,8,15H,1-3H3/t8-/m0/s1. The fourth-order valence-electron chi connectivity index (χ4n) is 1.28. The minimum atomic E-state index is -0.493. The molecule has 2 rings (SSSR count). The molecule has 4 nitrogen and oxygen atoms in total. The number of hydrogen-bond donors (Lipinski definition) is 1. The Bertz CT molecular complexity index is 486. The van der Waals surface area contributed by atoms with Crippen molar-refractivity contribution in [3.05, 3.63) is 35.3 Å². The largest absolute Gasteiger partial charge is 0.436 e. The van der Waals surface area contributed by atoms with Crippen LogP contribution in [0.1, 0.15) is 30.0 Å². The summed E-state index contributed by atoms with van der Waals surface area (Å²) in [6.07, 6.45) is 1.17. The summed E-state index contributed by atoms with van der Waals surface area (Å²) < 4.78 is 5.46. The second-order valence-electron chi connectivity index (χ2n) is 3.83. The summed E-state index contributed by atoms with van der Waals surface area (Å²) >= 11 is 1.37. The zero-order valence-electron chi connectivity index (χ0n) is 9.97. The maximum absolute atomic E-state index is 9.37. The van der Waals surface area contributed by atoms with Crippen LogP contribution in [0.5, 0.6) is 0 Å². The van der Waals surface area contributed by atoms with Crippen LogP contribution in [-0.2, 0) is 0 Å². The van der Waals surface area contributed by atoms with Gasteiger partial charge >= 0.3 is 0 Å². The molecule has 0 amide bonds. The van der Waals surface area contributed by atoms with E-state index in [4.69, 9.17) is 4.42 Å². The minimum absolute atomic E-state index is 0.493. The van der Waals surface area contributed by atoms with E-state index in [0.29, 0.717) is 5.22 Å². The smallest absolute Gasteiger partial charge is 0.262 e. The average molecular weight is 250 g/mol. The highest BCUT2D eigenvalue weighted by atomic mass is 32.2. The third-order valence-corrected chi connectivity index (χ3v) is 3.24. The van der Waals surface area contributed by atoms with E-state index in [0.717, 1.165) is 22.0 Å². The molecule has 0 radical (unpaired) electrons. The van der Waals surface area contributed by atoms with Crippen LogP contribution in [0, 0.1) is 13.8 Å². The first kappa shape index (κ1) is 12.1. The first-order valence-corrected chi connectivity index (χ1v) is 6.14. The van der Waals surface area contributed by atoms with Gasteiger partial charge in [0.1, 0.15) is 10.8 Å². The lowest BCUT2D eigenvalue weighted by Crippen LogP contribution is -1.92. The van der Waals surface area contributed by atoms with Gasteiger partial charge in [-0.25, -0.2) is 9.97 Å². The number of nitrogens with zero attached hydrogens (tertiary/aromatic N) is 2. The Hall–Kier alpha value is -1.33. The van der Waals surface area contributed by atoms with Gasteiger partial charge in [0.2, 0.25) is 0 Å². The number of pyridine rings is 1. The number of oxazole rings is 1. The van der Waals surface area contributed by atoms with Gasteiger partial charge in [0.05, 0.1) is 11.8 Å². The van der Waals surface area contributed by atoms with Crippen LogP contribution in [-0.4, -0.2) is 15.1 Å². The van der Waals surface area contributed by atoms with Gasteiger partial charge in [-0.2, -0.15) is 0 Å². The summed E-state index contributed by atoms with van der Waals surface area (Å²) in [5.41, 5.74) is 1.70. The highest BCUT2D eigenvalue weighted by molar-refractivity contribution is 7.99. The lowest BCUT2D eigenvalue weighted by Gasteiger charge is -2.03. The molecule has 1 atom stereocenters. The minimum Gasteiger partial charge on any atom is -0.436 e. The van der Waals surface area contributed by atoms with Gasteiger partial charge in [0, 0.05) is 6.20 Å². The van der Waals surface area contributed by atoms with Gasteiger partial charge in [0.25, 0.3) is 5.22 Å². The Kier molecular flexibility index (Phi) is 3.49. The molecule has 0 saturated heterocycles. The van der Waals surface area contributed by atoms with E-state index in [9.17, 15) is 5.11 Å². The monoisotopic (exact) mass is 250 g/mol. The van der Waals surface area contributed by atoms with E-state index in [1.807, 2.05) is 26.0 Å². The molecule has 0 aromatic carbocycles. The molecule has 0 fully saturated rings. The van der Waals surface area contributed by atoms with Gasteiger partial charge in [0.15, 0.2) is 0 Å². The Balaban J connectivity index is 2.13. The number of rotatable bonds is 3. The maximum Gasteiger partial charge on any atom is 0.262 e. The molecule has 0 aliphatic rings. The van der Waals surface area contributed by atoms with Gasteiger partial charge in [-0.1, -0.05) is 6.07 Å². The Morgan fingerprint density at radius 1 is 1.35 bits per heavy atom. The summed E-state index contributed by atoms with van der Waals surface area (Å²) in [6, 6.07) is 3.70. The zero-order valence-corrected chi connectivity index (χ0v) is 10.8. The molecule has 2 heterocycles. The van der Waals surface area contributed by atoms with E-state index in [1.165, 1.54) is 11.8 Å². The van der Waals surface area contributed by atoms with Crippen molar-refractivity contribution in [2.45, 2.75) is 37.1 Å². The van der Waals surface area contributed by atoms with Crippen molar-refractivity contribution in [2.75, 3.05) is 0 Å². The van der Waals surface area contributed by atoms with E-state index < -0.39 is 6.10 Å². The molecule has 0 spiro atoms. The predicted molar refractivity (Wildman–Crippen MR) is 65.0 cm³/mol. The third kappa shape index (κ3) is 2.87. The van der Waals surface area contributed by atoms with Crippen LogP contribution in [0.15, 0.2) is 33.0 Å². The Labute approximate surface area is 104 Å². The molecule has 0 unspecified atom stereocenters. The van der Waals surface area contributed by atoms with Gasteiger partial charge in [-0.05, 0) is 44.2 Å². The first-order chi connectivity index (χ1) is 8.06. The van der Waals surface area contributed by atoms with Crippen molar-refractivity contribution in [1.82, 2.24) is 9.97 Å². The fourth-order valence-corrected chi connectivity index (χ4v) is 2.05. The van der Waals surface area contributed by atoms with Crippen LogP contribution in [0.25, 0.3) is 0 Å². The van der Waals surface area contributed by atoms with Gasteiger partial charge < -0.3 is 9.52 Å². The number of hydrogen-bond acceptors (Lipinski definition) is 5. The molecule has 90 valence electrons. The van der Waals surface area contributed by atoms with E-state index >= 15 is 0 Å². The normalized spacial score (nSPS) is 12.7. The lowest BCUT2D eigenvalue weighted by molar-refractivity contribution is 0.198. The highest BCUT2D eigenvalue weighted by Crippen LogP contribution is 2.27. The predicted octanol–water partition coefficient (Wildman–Crippen LogP) is 2.89. The van der Waals surface area contributed by atoms with Crippen LogP contribution >= 0.6 is 11.8 Å². The SMILES string of the molecule is Cc1nc(Sc2ccc([C@H](C)O)cn2)oc1C. The molecule has 5 heteroatoms. The molecule has 17 heavy (non-hydrogen) atoms. The number of aryl methyl sites for hydroxylation is 2. The Morgan fingerprint density at radius 2 is 2.12 bits per heavy atom. The van der Waals surface area contributed by atoms with Crippen LogP contribution in [0.2, 0.25) is 0 Å². The third-order valence-electron chi connectivity index (χ3n) is 2.44. The summed E-state index contributed by atoms with van der Waals surface area (Å²) in [6.45, 7) is 5.51. The molecule has 2 aromatic rings. The molecule has 0 bridgehead atoms. The molecule has 0 saturated carbocycles. The average Bonchev–Trinajstić information content (AvgIpc) is 2.58. The van der Waals surface area contributed by atoms with Crippen molar-refractivity contribution in [1.29, 1.82) is 0 Å². The van der Waals surface area contributed by atoms with Crippen LogP contribution in [0.3, 0.4) is 0 Å². The van der Waals surface area contributed by atoms with Gasteiger partial charge in [-0.15, -0.1) is 0 Å². The van der Waals surface area contributed by atoms with Crippen molar-refractivity contribution in [3.8, 4) is 0 Å². The molecular formula is C12H14N2O2S. The van der Waals surface area contributed by atoms with Crippen molar-refractivity contribution in [3.63, 3.8) is 0 Å². The maximum atomic E-state index is 9.37. The van der Waals surface area contributed by atoms with E-state index in [1.54, 1.807) is 13.1 Å².